The van der Waals surface area contributed by atoms with E-state index in [1.54, 1.807) is 18.2 Å². The van der Waals surface area contributed by atoms with Crippen LogP contribution in [0.4, 0.5) is 5.69 Å². The molecule has 5 heteroatoms. The van der Waals surface area contributed by atoms with E-state index in [0.717, 1.165) is 13.0 Å². The van der Waals surface area contributed by atoms with Gasteiger partial charge in [-0.1, -0.05) is 53.5 Å². The molecule has 1 amide bonds. The van der Waals surface area contributed by atoms with E-state index in [4.69, 9.17) is 23.2 Å². The fraction of sp³-hybridized carbons (Fsp3) is 0.188. The van der Waals surface area contributed by atoms with E-state index in [-0.39, 0.29) is 12.5 Å². The van der Waals surface area contributed by atoms with Crippen molar-refractivity contribution in [2.75, 3.05) is 18.4 Å². The van der Waals surface area contributed by atoms with Gasteiger partial charge in [-0.05, 0) is 36.7 Å². The molecule has 2 aromatic carbocycles. The maximum Gasteiger partial charge on any atom is 0.238 e. The van der Waals surface area contributed by atoms with Crippen LogP contribution in [0.25, 0.3) is 0 Å². The lowest BCUT2D eigenvalue weighted by molar-refractivity contribution is -0.115. The summed E-state index contributed by atoms with van der Waals surface area (Å²) in [5.41, 5.74) is 1.77. The smallest absolute Gasteiger partial charge is 0.238 e. The molecule has 0 spiro atoms. The maximum atomic E-state index is 11.8. The predicted octanol–water partition coefficient (Wildman–Crippen LogP) is 3.76. The number of carbonyl (C=O) groups is 1. The highest BCUT2D eigenvalue weighted by Crippen LogP contribution is 2.25. The Hall–Kier alpha value is -1.55. The van der Waals surface area contributed by atoms with Gasteiger partial charge in [0.05, 0.1) is 17.3 Å². The molecule has 0 unspecified atom stereocenters. The monoisotopic (exact) mass is 322 g/mol. The largest absolute Gasteiger partial charge is 0.324 e. The predicted molar refractivity (Wildman–Crippen MR) is 88.1 cm³/mol. The third kappa shape index (κ3) is 5.38. The molecule has 0 fully saturated rings. The normalized spacial score (nSPS) is 10.4. The molecule has 3 nitrogen and oxygen atoms in total. The fourth-order valence-electron chi connectivity index (χ4n) is 1.87. The molecule has 0 atom stereocenters. The summed E-state index contributed by atoms with van der Waals surface area (Å²) in [6, 6.07) is 15.1. The SMILES string of the molecule is O=C(CNCCc1ccccc1)Nc1cc(Cl)ccc1Cl. The Bertz CT molecular complexity index is 602. The Labute approximate surface area is 134 Å². The van der Waals surface area contributed by atoms with Gasteiger partial charge < -0.3 is 10.6 Å². The van der Waals surface area contributed by atoms with E-state index in [2.05, 4.69) is 22.8 Å². The van der Waals surface area contributed by atoms with E-state index in [1.165, 1.54) is 5.56 Å². The minimum atomic E-state index is -0.146. The van der Waals surface area contributed by atoms with Crippen LogP contribution in [0.1, 0.15) is 5.56 Å². The topological polar surface area (TPSA) is 41.1 Å². The molecule has 110 valence electrons. The molecule has 0 heterocycles. The van der Waals surface area contributed by atoms with Crippen molar-refractivity contribution in [3.63, 3.8) is 0 Å². The molecule has 0 bridgehead atoms. The number of hydrogen-bond donors (Lipinski definition) is 2. The first kappa shape index (κ1) is 15.8. The minimum absolute atomic E-state index is 0.146. The summed E-state index contributed by atoms with van der Waals surface area (Å²) in [6.45, 7) is 0.969. The molecular weight excluding hydrogens is 307 g/mol. The molecule has 0 aliphatic heterocycles. The summed E-state index contributed by atoms with van der Waals surface area (Å²) < 4.78 is 0. The van der Waals surface area contributed by atoms with Gasteiger partial charge in [0.2, 0.25) is 5.91 Å². The van der Waals surface area contributed by atoms with Crippen LogP contribution in [0.15, 0.2) is 48.5 Å². The molecule has 2 N–H and O–H groups in total. The van der Waals surface area contributed by atoms with Crippen molar-refractivity contribution in [2.45, 2.75) is 6.42 Å². The van der Waals surface area contributed by atoms with E-state index < -0.39 is 0 Å². The van der Waals surface area contributed by atoms with Gasteiger partial charge in [0.15, 0.2) is 0 Å². The molecule has 2 rings (SSSR count). The Balaban J connectivity index is 1.74. The van der Waals surface area contributed by atoms with Crippen LogP contribution < -0.4 is 10.6 Å². The first-order valence-electron chi connectivity index (χ1n) is 6.65. The Morgan fingerprint density at radius 3 is 2.57 bits per heavy atom. The standard InChI is InChI=1S/C16H16Cl2N2O/c17-13-6-7-14(18)15(10-13)20-16(21)11-19-9-8-12-4-2-1-3-5-12/h1-7,10,19H,8-9,11H2,(H,20,21). The average molecular weight is 323 g/mol. The Kier molecular flexibility index (Phi) is 6.05. The highest BCUT2D eigenvalue weighted by atomic mass is 35.5. The lowest BCUT2D eigenvalue weighted by Gasteiger charge is -2.08. The maximum absolute atomic E-state index is 11.8. The minimum Gasteiger partial charge on any atom is -0.324 e. The van der Waals surface area contributed by atoms with Crippen molar-refractivity contribution >= 4 is 34.8 Å². The van der Waals surface area contributed by atoms with Crippen molar-refractivity contribution in [1.29, 1.82) is 0 Å². The van der Waals surface area contributed by atoms with Crippen molar-refractivity contribution in [3.05, 3.63) is 64.1 Å². The molecule has 0 aliphatic rings. The van der Waals surface area contributed by atoms with Gasteiger partial charge >= 0.3 is 0 Å². The first-order chi connectivity index (χ1) is 10.1. The van der Waals surface area contributed by atoms with Gasteiger partial charge in [0.25, 0.3) is 0 Å². The molecule has 0 saturated heterocycles. The van der Waals surface area contributed by atoms with E-state index >= 15 is 0 Å². The number of rotatable bonds is 6. The lowest BCUT2D eigenvalue weighted by Crippen LogP contribution is -2.29. The number of halogens is 2. The van der Waals surface area contributed by atoms with Crippen LogP contribution >= 0.6 is 23.2 Å². The molecule has 0 aromatic heterocycles. The number of carbonyl (C=O) groups excluding carboxylic acids is 1. The van der Waals surface area contributed by atoms with Crippen LogP contribution in [0.5, 0.6) is 0 Å². The zero-order valence-corrected chi connectivity index (χ0v) is 12.9. The lowest BCUT2D eigenvalue weighted by atomic mass is 10.1. The van der Waals surface area contributed by atoms with Crippen LogP contribution in [0, 0.1) is 0 Å². The summed E-state index contributed by atoms with van der Waals surface area (Å²) in [5.74, 6) is -0.146. The second-order valence-corrected chi connectivity index (χ2v) is 5.43. The fourth-order valence-corrected chi connectivity index (χ4v) is 2.20. The van der Waals surface area contributed by atoms with E-state index in [9.17, 15) is 4.79 Å². The second-order valence-electron chi connectivity index (χ2n) is 4.58. The highest BCUT2D eigenvalue weighted by Gasteiger charge is 2.06. The molecular formula is C16H16Cl2N2O. The van der Waals surface area contributed by atoms with Crippen molar-refractivity contribution in [1.82, 2.24) is 5.32 Å². The van der Waals surface area contributed by atoms with Gasteiger partial charge in [-0.2, -0.15) is 0 Å². The summed E-state index contributed by atoms with van der Waals surface area (Å²) in [4.78, 5) is 11.8. The summed E-state index contributed by atoms with van der Waals surface area (Å²) >= 11 is 11.9. The number of hydrogen-bond acceptors (Lipinski definition) is 2. The van der Waals surface area contributed by atoms with Gasteiger partial charge in [0, 0.05) is 5.02 Å². The summed E-state index contributed by atoms with van der Waals surface area (Å²) in [7, 11) is 0. The third-order valence-corrected chi connectivity index (χ3v) is 3.49. The Morgan fingerprint density at radius 2 is 1.81 bits per heavy atom. The van der Waals surface area contributed by atoms with E-state index in [1.807, 2.05) is 18.2 Å². The van der Waals surface area contributed by atoms with Gasteiger partial charge in [-0.3, -0.25) is 4.79 Å². The average Bonchev–Trinajstić information content (AvgIpc) is 2.48. The van der Waals surface area contributed by atoms with Crippen LogP contribution in [0.3, 0.4) is 0 Å². The molecule has 0 aliphatic carbocycles. The third-order valence-electron chi connectivity index (χ3n) is 2.92. The molecule has 21 heavy (non-hydrogen) atoms. The second kappa shape index (κ2) is 8.03. The van der Waals surface area contributed by atoms with Crippen LogP contribution in [0.2, 0.25) is 10.0 Å². The first-order valence-corrected chi connectivity index (χ1v) is 7.40. The molecule has 2 aromatic rings. The number of nitrogens with one attached hydrogen (secondary N) is 2. The molecule has 0 radical (unpaired) electrons. The zero-order chi connectivity index (χ0) is 15.1. The van der Waals surface area contributed by atoms with E-state index in [0.29, 0.717) is 15.7 Å². The van der Waals surface area contributed by atoms with Crippen LogP contribution in [-0.2, 0) is 11.2 Å². The number of amides is 1. The highest BCUT2D eigenvalue weighted by molar-refractivity contribution is 6.35. The van der Waals surface area contributed by atoms with Crippen molar-refractivity contribution in [2.24, 2.45) is 0 Å². The van der Waals surface area contributed by atoms with Gasteiger partial charge in [-0.15, -0.1) is 0 Å². The van der Waals surface area contributed by atoms with Gasteiger partial charge in [-0.25, -0.2) is 0 Å². The van der Waals surface area contributed by atoms with Gasteiger partial charge in [0.1, 0.15) is 0 Å². The number of anilines is 1. The zero-order valence-electron chi connectivity index (χ0n) is 11.4. The summed E-state index contributed by atoms with van der Waals surface area (Å²) in [5, 5.41) is 6.84. The quantitative estimate of drug-likeness (QED) is 0.795. The number of benzene rings is 2. The van der Waals surface area contributed by atoms with Crippen molar-refractivity contribution < 1.29 is 4.79 Å². The van der Waals surface area contributed by atoms with Crippen molar-refractivity contribution in [3.8, 4) is 0 Å². The van der Waals surface area contributed by atoms with Crippen LogP contribution in [-0.4, -0.2) is 19.0 Å². The molecule has 0 saturated carbocycles. The summed E-state index contributed by atoms with van der Waals surface area (Å²) in [6.07, 6.45) is 0.881. The Morgan fingerprint density at radius 1 is 1.05 bits per heavy atom.